The van der Waals surface area contributed by atoms with Crippen LogP contribution >= 0.6 is 0 Å². The van der Waals surface area contributed by atoms with Gasteiger partial charge in [-0.1, -0.05) is 58.5 Å². The van der Waals surface area contributed by atoms with Gasteiger partial charge in [-0.2, -0.15) is 0 Å². The van der Waals surface area contributed by atoms with Gasteiger partial charge in [-0.05, 0) is 22.1 Å². The smallest absolute Gasteiger partial charge is 0.0497 e. The molecule has 0 saturated carbocycles. The van der Waals surface area contributed by atoms with Gasteiger partial charge in [0, 0.05) is 12.5 Å². The molecule has 1 N–H and O–H groups in total. The highest BCUT2D eigenvalue weighted by molar-refractivity contribution is 5.59. The Morgan fingerprint density at radius 3 is 2.44 bits per heavy atom. The number of hydrogen-bond acceptors (Lipinski definition) is 1. The van der Waals surface area contributed by atoms with E-state index >= 15 is 0 Å². The lowest BCUT2D eigenvalue weighted by atomic mass is 9.80. The van der Waals surface area contributed by atoms with E-state index < -0.39 is 0 Å². The second-order valence-electron chi connectivity index (χ2n) is 5.35. The normalized spacial score (nSPS) is 13.6. The molecule has 0 spiro atoms. The van der Waals surface area contributed by atoms with Crippen molar-refractivity contribution in [3.63, 3.8) is 0 Å². The highest BCUT2D eigenvalue weighted by Crippen LogP contribution is 2.31. The Morgan fingerprint density at radius 1 is 1.38 bits per heavy atom. The van der Waals surface area contributed by atoms with Gasteiger partial charge in [0.2, 0.25) is 0 Å². The minimum absolute atomic E-state index is 0.106. The van der Waals surface area contributed by atoms with Gasteiger partial charge in [0.05, 0.1) is 0 Å². The number of rotatable bonds is 3. The van der Waals surface area contributed by atoms with Crippen LogP contribution in [0.2, 0.25) is 0 Å². The third-order valence-corrected chi connectivity index (χ3v) is 2.96. The Kier molecular flexibility index (Phi) is 3.93. The number of hydrogen-bond donors (Lipinski definition) is 1. The lowest BCUT2D eigenvalue weighted by molar-refractivity contribution is 0.273. The van der Waals surface area contributed by atoms with Gasteiger partial charge in [0.25, 0.3) is 0 Å². The van der Waals surface area contributed by atoms with Gasteiger partial charge in [-0.3, -0.25) is 0 Å². The van der Waals surface area contributed by atoms with Crippen molar-refractivity contribution >= 4 is 6.08 Å². The van der Waals surface area contributed by atoms with Gasteiger partial charge < -0.3 is 5.11 Å². The molecule has 88 valence electrons. The molecule has 16 heavy (non-hydrogen) atoms. The Bertz CT molecular complexity index is 372. The van der Waals surface area contributed by atoms with Crippen LogP contribution in [0, 0.1) is 0 Å². The minimum Gasteiger partial charge on any atom is -0.396 e. The van der Waals surface area contributed by atoms with E-state index in [1.807, 2.05) is 13.0 Å². The zero-order valence-electron chi connectivity index (χ0n) is 10.7. The van der Waals surface area contributed by atoms with E-state index in [2.05, 4.69) is 45.5 Å². The van der Waals surface area contributed by atoms with Crippen molar-refractivity contribution in [2.24, 2.45) is 0 Å². The summed E-state index contributed by atoms with van der Waals surface area (Å²) < 4.78 is 0. The van der Waals surface area contributed by atoms with Crippen molar-refractivity contribution in [3.8, 4) is 0 Å². The number of benzene rings is 1. The largest absolute Gasteiger partial charge is 0.396 e. The molecule has 0 radical (unpaired) electrons. The van der Waals surface area contributed by atoms with Crippen LogP contribution in [-0.4, -0.2) is 11.7 Å². The van der Waals surface area contributed by atoms with Crippen molar-refractivity contribution < 1.29 is 5.11 Å². The van der Waals surface area contributed by atoms with E-state index in [0.717, 1.165) is 0 Å². The van der Waals surface area contributed by atoms with Crippen LogP contribution in [0.15, 0.2) is 24.8 Å². The summed E-state index contributed by atoms with van der Waals surface area (Å²) in [5, 5.41) is 9.27. The first-order valence-corrected chi connectivity index (χ1v) is 5.78. The van der Waals surface area contributed by atoms with E-state index in [1.165, 1.54) is 16.7 Å². The Balaban J connectivity index is 3.38. The van der Waals surface area contributed by atoms with Crippen molar-refractivity contribution in [2.75, 3.05) is 6.61 Å². The molecule has 0 bridgehead atoms. The fourth-order valence-corrected chi connectivity index (χ4v) is 1.99. The quantitative estimate of drug-likeness (QED) is 0.819. The molecule has 0 fully saturated rings. The van der Waals surface area contributed by atoms with E-state index in [0.29, 0.717) is 0 Å². The van der Waals surface area contributed by atoms with Gasteiger partial charge in [-0.15, -0.1) is 0 Å². The molecule has 0 amide bonds. The second-order valence-corrected chi connectivity index (χ2v) is 5.35. The predicted octanol–water partition coefficient (Wildman–Crippen LogP) is 3.72. The molecule has 1 heteroatoms. The van der Waals surface area contributed by atoms with Crippen molar-refractivity contribution in [1.29, 1.82) is 0 Å². The molecule has 1 aromatic carbocycles. The van der Waals surface area contributed by atoms with E-state index in [9.17, 15) is 5.11 Å². The molecule has 0 saturated heterocycles. The summed E-state index contributed by atoms with van der Waals surface area (Å²) in [7, 11) is 0. The summed E-state index contributed by atoms with van der Waals surface area (Å²) in [6.45, 7) is 12.7. The Labute approximate surface area is 98.8 Å². The standard InChI is InChI=1S/C15H22O/c1-6-12-13(11(2)10-16)8-7-9-14(12)15(3,4)5/h6-9,11,16H,1,10H2,2-5H3. The van der Waals surface area contributed by atoms with Gasteiger partial charge in [-0.25, -0.2) is 0 Å². The molecule has 0 aromatic heterocycles. The van der Waals surface area contributed by atoms with E-state index in [1.54, 1.807) is 0 Å². The van der Waals surface area contributed by atoms with Gasteiger partial charge >= 0.3 is 0 Å². The van der Waals surface area contributed by atoms with Gasteiger partial charge in [0.15, 0.2) is 0 Å². The molecule has 1 nitrogen and oxygen atoms in total. The molecular formula is C15H22O. The monoisotopic (exact) mass is 218 g/mol. The molecular weight excluding hydrogens is 196 g/mol. The Morgan fingerprint density at radius 2 is 2.00 bits per heavy atom. The van der Waals surface area contributed by atoms with Crippen LogP contribution in [0.4, 0.5) is 0 Å². The highest BCUT2D eigenvalue weighted by atomic mass is 16.3. The minimum atomic E-state index is 0.106. The highest BCUT2D eigenvalue weighted by Gasteiger charge is 2.19. The summed E-state index contributed by atoms with van der Waals surface area (Å²) in [4.78, 5) is 0. The average molecular weight is 218 g/mol. The van der Waals surface area contributed by atoms with Crippen LogP contribution in [0.5, 0.6) is 0 Å². The molecule has 1 unspecified atom stereocenters. The molecule has 1 aromatic rings. The molecule has 0 heterocycles. The van der Waals surface area contributed by atoms with Crippen LogP contribution < -0.4 is 0 Å². The Hall–Kier alpha value is -1.08. The summed E-state index contributed by atoms with van der Waals surface area (Å²) in [6, 6.07) is 6.28. The van der Waals surface area contributed by atoms with Crippen molar-refractivity contribution in [1.82, 2.24) is 0 Å². The summed E-state index contributed by atoms with van der Waals surface area (Å²) >= 11 is 0. The lowest BCUT2D eigenvalue weighted by Gasteiger charge is -2.25. The summed E-state index contributed by atoms with van der Waals surface area (Å²) in [6.07, 6.45) is 1.90. The van der Waals surface area contributed by atoms with Crippen molar-refractivity contribution in [2.45, 2.75) is 39.0 Å². The maximum atomic E-state index is 9.27. The molecule has 0 aliphatic carbocycles. The number of aliphatic hydroxyl groups excluding tert-OH is 1. The molecule has 0 aliphatic rings. The zero-order valence-corrected chi connectivity index (χ0v) is 10.7. The summed E-state index contributed by atoms with van der Waals surface area (Å²) in [5.74, 6) is 0.162. The first-order chi connectivity index (χ1) is 7.41. The third kappa shape index (κ3) is 2.53. The fraction of sp³-hybridized carbons (Fsp3) is 0.467. The van der Waals surface area contributed by atoms with Crippen LogP contribution in [0.3, 0.4) is 0 Å². The molecule has 1 rings (SSSR count). The molecule has 1 atom stereocenters. The topological polar surface area (TPSA) is 20.2 Å². The maximum absolute atomic E-state index is 9.27. The maximum Gasteiger partial charge on any atom is 0.0497 e. The lowest BCUT2D eigenvalue weighted by Crippen LogP contribution is -2.15. The predicted molar refractivity (Wildman–Crippen MR) is 70.7 cm³/mol. The first kappa shape index (κ1) is 13.0. The fourth-order valence-electron chi connectivity index (χ4n) is 1.99. The average Bonchev–Trinajstić information content (AvgIpc) is 2.25. The SMILES string of the molecule is C=Cc1c(C(C)CO)cccc1C(C)(C)C. The van der Waals surface area contributed by atoms with Crippen LogP contribution in [0.1, 0.15) is 50.3 Å². The summed E-state index contributed by atoms with van der Waals surface area (Å²) in [5.41, 5.74) is 3.76. The van der Waals surface area contributed by atoms with Gasteiger partial charge in [0.1, 0.15) is 0 Å². The first-order valence-electron chi connectivity index (χ1n) is 5.78. The van der Waals surface area contributed by atoms with Crippen molar-refractivity contribution in [3.05, 3.63) is 41.5 Å². The second kappa shape index (κ2) is 4.84. The van der Waals surface area contributed by atoms with Crippen LogP contribution in [0.25, 0.3) is 6.08 Å². The van der Waals surface area contributed by atoms with E-state index in [-0.39, 0.29) is 17.9 Å². The van der Waals surface area contributed by atoms with Crippen LogP contribution in [-0.2, 0) is 5.41 Å². The zero-order chi connectivity index (χ0) is 12.3. The number of aliphatic hydroxyl groups is 1. The molecule has 0 aliphatic heterocycles. The van der Waals surface area contributed by atoms with E-state index in [4.69, 9.17) is 0 Å². The third-order valence-electron chi connectivity index (χ3n) is 2.96.